The van der Waals surface area contributed by atoms with Crippen molar-refractivity contribution in [2.24, 2.45) is 0 Å². The van der Waals surface area contributed by atoms with E-state index < -0.39 is 55.7 Å². The molecule has 3 aromatic rings. The predicted octanol–water partition coefficient (Wildman–Crippen LogP) is 5.63. The van der Waals surface area contributed by atoms with E-state index in [1.54, 1.807) is 0 Å². The fraction of sp³-hybridized carbons (Fsp3) is 0.211. The van der Waals surface area contributed by atoms with Gasteiger partial charge in [-0.25, -0.2) is 17.8 Å². The third-order valence-corrected chi connectivity index (χ3v) is 5.54. The molecule has 0 spiro atoms. The van der Waals surface area contributed by atoms with Crippen molar-refractivity contribution in [1.82, 2.24) is 9.97 Å². The van der Waals surface area contributed by atoms with Gasteiger partial charge in [0.25, 0.3) is 0 Å². The van der Waals surface area contributed by atoms with Crippen LogP contribution in [0.4, 0.5) is 30.7 Å². The number of H-pyrrole nitrogens is 1. The molecule has 12 heteroatoms. The minimum absolute atomic E-state index is 0.142. The smallest absolute Gasteiger partial charge is 0.334 e. The van der Waals surface area contributed by atoms with Crippen LogP contribution < -0.4 is 0 Å². The Morgan fingerprint density at radius 1 is 0.903 bits per heavy atom. The van der Waals surface area contributed by atoms with Crippen molar-refractivity contribution in [3.8, 4) is 22.5 Å². The number of benzene rings is 2. The molecule has 0 fully saturated rings. The third-order valence-electron chi connectivity index (χ3n) is 4.41. The Morgan fingerprint density at radius 3 is 2.03 bits per heavy atom. The van der Waals surface area contributed by atoms with E-state index in [1.165, 1.54) is 13.0 Å². The van der Waals surface area contributed by atoms with Gasteiger partial charge in [0, 0.05) is 17.4 Å². The SMILES string of the molecule is Cc1ccc(-c2[nH]c(C(F)(F)F)nc2-c2ccc(S(C)(=O)=O)c(F)c2)cc1C(F)(F)F. The van der Waals surface area contributed by atoms with Gasteiger partial charge in [0.15, 0.2) is 9.84 Å². The summed E-state index contributed by atoms with van der Waals surface area (Å²) < 4.78 is 117. The van der Waals surface area contributed by atoms with Crippen molar-refractivity contribution in [2.45, 2.75) is 24.2 Å². The lowest BCUT2D eigenvalue weighted by molar-refractivity contribution is -0.144. The molecule has 1 heterocycles. The lowest BCUT2D eigenvalue weighted by Crippen LogP contribution is -2.08. The van der Waals surface area contributed by atoms with Crippen LogP contribution in [-0.2, 0) is 22.2 Å². The molecule has 166 valence electrons. The molecule has 2 aromatic carbocycles. The topological polar surface area (TPSA) is 62.8 Å². The number of imidazole rings is 1. The number of aromatic amines is 1. The van der Waals surface area contributed by atoms with Crippen molar-refractivity contribution >= 4 is 9.84 Å². The van der Waals surface area contributed by atoms with Crippen LogP contribution in [0.15, 0.2) is 41.3 Å². The molecule has 0 aliphatic heterocycles. The van der Waals surface area contributed by atoms with Gasteiger partial charge in [-0.1, -0.05) is 18.2 Å². The van der Waals surface area contributed by atoms with Gasteiger partial charge in [-0.3, -0.25) is 0 Å². The van der Waals surface area contributed by atoms with Gasteiger partial charge < -0.3 is 4.98 Å². The molecule has 0 unspecified atom stereocenters. The summed E-state index contributed by atoms with van der Waals surface area (Å²) >= 11 is 0. The summed E-state index contributed by atoms with van der Waals surface area (Å²) in [4.78, 5) is 4.67. The number of halogens is 7. The molecule has 0 atom stereocenters. The van der Waals surface area contributed by atoms with Crippen LogP contribution in [0.3, 0.4) is 0 Å². The highest BCUT2D eigenvalue weighted by Gasteiger charge is 2.37. The Morgan fingerprint density at radius 2 is 1.52 bits per heavy atom. The second kappa shape index (κ2) is 7.36. The van der Waals surface area contributed by atoms with Crippen LogP contribution in [0, 0.1) is 12.7 Å². The Labute approximate surface area is 171 Å². The highest BCUT2D eigenvalue weighted by molar-refractivity contribution is 7.90. The summed E-state index contributed by atoms with van der Waals surface area (Å²) in [5, 5.41) is 0. The van der Waals surface area contributed by atoms with Crippen molar-refractivity contribution < 1.29 is 39.2 Å². The van der Waals surface area contributed by atoms with E-state index in [0.29, 0.717) is 12.1 Å². The lowest BCUT2D eigenvalue weighted by Gasteiger charge is -2.12. The number of aryl methyl sites for hydroxylation is 1. The first-order chi connectivity index (χ1) is 14.1. The summed E-state index contributed by atoms with van der Waals surface area (Å²) in [7, 11) is -3.95. The summed E-state index contributed by atoms with van der Waals surface area (Å²) in [6, 6.07) is 5.45. The van der Waals surface area contributed by atoms with Crippen molar-refractivity contribution in [3.05, 3.63) is 59.2 Å². The Kier molecular flexibility index (Phi) is 5.41. The van der Waals surface area contributed by atoms with Gasteiger partial charge >= 0.3 is 12.4 Å². The van der Waals surface area contributed by atoms with Gasteiger partial charge in [-0.2, -0.15) is 26.3 Å². The summed E-state index contributed by atoms with van der Waals surface area (Å²) in [5.41, 5.74) is -2.62. The third kappa shape index (κ3) is 4.58. The van der Waals surface area contributed by atoms with Gasteiger partial charge in [0.2, 0.25) is 5.82 Å². The first-order valence-corrected chi connectivity index (χ1v) is 10.3. The van der Waals surface area contributed by atoms with Gasteiger partial charge in [0.05, 0.1) is 17.0 Å². The highest BCUT2D eigenvalue weighted by Crippen LogP contribution is 2.39. The average molecular weight is 466 g/mol. The molecular weight excluding hydrogens is 453 g/mol. The van der Waals surface area contributed by atoms with Gasteiger partial charge in [-0.15, -0.1) is 0 Å². The molecule has 1 N–H and O–H groups in total. The zero-order valence-corrected chi connectivity index (χ0v) is 16.6. The van der Waals surface area contributed by atoms with Crippen LogP contribution in [-0.4, -0.2) is 24.6 Å². The molecule has 4 nitrogen and oxygen atoms in total. The highest BCUT2D eigenvalue weighted by atomic mass is 32.2. The number of nitrogens with zero attached hydrogens (tertiary/aromatic N) is 1. The fourth-order valence-electron chi connectivity index (χ4n) is 2.96. The normalized spacial score (nSPS) is 12.9. The van der Waals surface area contributed by atoms with Crippen molar-refractivity contribution in [2.75, 3.05) is 6.26 Å². The first-order valence-electron chi connectivity index (χ1n) is 8.44. The summed E-state index contributed by atoms with van der Waals surface area (Å²) in [6.07, 6.45) is -8.97. The van der Waals surface area contributed by atoms with Crippen molar-refractivity contribution in [3.63, 3.8) is 0 Å². The molecule has 0 radical (unpaired) electrons. The number of hydrogen-bond acceptors (Lipinski definition) is 3. The predicted molar refractivity (Wildman–Crippen MR) is 97.3 cm³/mol. The molecule has 0 bridgehead atoms. The zero-order valence-electron chi connectivity index (χ0n) is 15.8. The molecule has 1 aromatic heterocycles. The number of hydrogen-bond donors (Lipinski definition) is 1. The number of nitrogens with one attached hydrogen (secondary N) is 1. The number of rotatable bonds is 3. The maximum atomic E-state index is 14.3. The molecular formula is C19H13F7N2O2S. The molecule has 0 aliphatic rings. The molecule has 3 rings (SSSR count). The quantitative estimate of drug-likeness (QED) is 0.509. The Balaban J connectivity index is 2.27. The minimum atomic E-state index is -4.96. The number of alkyl halides is 6. The van der Waals surface area contributed by atoms with Crippen LogP contribution in [0.2, 0.25) is 0 Å². The van der Waals surface area contributed by atoms with E-state index in [9.17, 15) is 39.2 Å². The second-order valence-corrected chi connectivity index (χ2v) is 8.74. The lowest BCUT2D eigenvalue weighted by atomic mass is 10.00. The van der Waals surface area contributed by atoms with E-state index in [4.69, 9.17) is 0 Å². The average Bonchev–Trinajstić information content (AvgIpc) is 3.05. The fourth-order valence-corrected chi connectivity index (χ4v) is 3.69. The van der Waals surface area contributed by atoms with E-state index in [2.05, 4.69) is 4.98 Å². The van der Waals surface area contributed by atoms with Crippen LogP contribution in [0.25, 0.3) is 22.5 Å². The second-order valence-electron chi connectivity index (χ2n) is 6.75. The van der Waals surface area contributed by atoms with Gasteiger partial charge in [0.1, 0.15) is 10.7 Å². The first kappa shape index (κ1) is 22.8. The maximum Gasteiger partial charge on any atom is 0.449 e. The Hall–Kier alpha value is -2.89. The van der Waals surface area contributed by atoms with E-state index in [1.807, 2.05) is 4.98 Å². The largest absolute Gasteiger partial charge is 0.449 e. The molecule has 0 aliphatic carbocycles. The summed E-state index contributed by atoms with van der Waals surface area (Å²) in [6.45, 7) is 1.20. The monoisotopic (exact) mass is 466 g/mol. The number of aromatic nitrogens is 2. The molecule has 0 amide bonds. The van der Waals surface area contributed by atoms with E-state index in [-0.39, 0.29) is 16.7 Å². The number of sulfone groups is 1. The molecule has 0 saturated heterocycles. The molecule has 31 heavy (non-hydrogen) atoms. The molecule has 0 saturated carbocycles. The van der Waals surface area contributed by atoms with Crippen LogP contribution >= 0.6 is 0 Å². The standard InChI is InChI=1S/C19H13F7N2O2S/c1-9-3-4-10(7-12(9)18(21,22)23)15-16(28-17(27-15)19(24,25)26)11-5-6-14(13(20)8-11)31(2,29)30/h3-8H,1-2H3,(H,27,28). The zero-order chi connectivity index (χ0) is 23.4. The Bertz CT molecular complexity index is 1260. The minimum Gasteiger partial charge on any atom is -0.334 e. The van der Waals surface area contributed by atoms with Crippen molar-refractivity contribution in [1.29, 1.82) is 0 Å². The van der Waals surface area contributed by atoms with Gasteiger partial charge in [-0.05, 0) is 30.7 Å². The van der Waals surface area contributed by atoms with E-state index >= 15 is 0 Å². The van der Waals surface area contributed by atoms with Crippen LogP contribution in [0.5, 0.6) is 0 Å². The van der Waals surface area contributed by atoms with E-state index in [0.717, 1.165) is 24.5 Å². The maximum absolute atomic E-state index is 14.3. The summed E-state index contributed by atoms with van der Waals surface area (Å²) in [5.74, 6) is -2.73. The van der Waals surface area contributed by atoms with Crippen LogP contribution in [0.1, 0.15) is 17.0 Å².